The Labute approximate surface area is 124 Å². The monoisotopic (exact) mass is 287 g/mol. The average Bonchev–Trinajstić information content (AvgIpc) is 2.51. The van der Waals surface area contributed by atoms with Gasteiger partial charge in [0, 0.05) is 12.2 Å². The second-order valence-electron chi connectivity index (χ2n) is 4.63. The van der Waals surface area contributed by atoms with E-state index in [0.29, 0.717) is 12.3 Å². The highest BCUT2D eigenvalue weighted by atomic mass is 19.1. The lowest BCUT2D eigenvalue weighted by molar-refractivity contribution is -0.124. The van der Waals surface area contributed by atoms with Gasteiger partial charge >= 0.3 is 0 Å². The number of hydrogen-bond acceptors (Lipinski definition) is 2. The van der Waals surface area contributed by atoms with Crippen LogP contribution in [0.3, 0.4) is 0 Å². The third kappa shape index (κ3) is 3.81. The summed E-state index contributed by atoms with van der Waals surface area (Å²) in [5.74, 6) is 0.00943. The molecule has 0 N–H and O–H groups in total. The van der Waals surface area contributed by atoms with Crippen LogP contribution < -0.4 is 9.64 Å². The minimum absolute atomic E-state index is 0.131. The number of nitrogens with zero attached hydrogens (tertiary/aromatic N) is 1. The molecule has 0 aliphatic carbocycles. The van der Waals surface area contributed by atoms with Crippen LogP contribution in [0.5, 0.6) is 5.75 Å². The molecule has 1 amide bonds. The largest absolute Gasteiger partial charge is 0.481 e. The smallest absolute Gasteiger partial charge is 0.267 e. The molecule has 2 rings (SSSR count). The van der Waals surface area contributed by atoms with Crippen molar-refractivity contribution in [3.05, 3.63) is 60.4 Å². The number of carbonyl (C=O) groups excluding carboxylic acids is 1. The normalized spacial score (nSPS) is 11.8. The van der Waals surface area contributed by atoms with Crippen molar-refractivity contribution in [2.24, 2.45) is 0 Å². The van der Waals surface area contributed by atoms with Crippen LogP contribution in [0.2, 0.25) is 0 Å². The van der Waals surface area contributed by atoms with Gasteiger partial charge in [0.25, 0.3) is 5.91 Å². The molecule has 1 unspecified atom stereocenters. The maximum atomic E-state index is 12.9. The number of para-hydroxylation sites is 1. The van der Waals surface area contributed by atoms with E-state index < -0.39 is 6.10 Å². The Morgan fingerprint density at radius 3 is 2.33 bits per heavy atom. The van der Waals surface area contributed by atoms with Crippen LogP contribution in [0, 0.1) is 5.82 Å². The topological polar surface area (TPSA) is 29.5 Å². The van der Waals surface area contributed by atoms with E-state index in [1.165, 1.54) is 24.3 Å². The Morgan fingerprint density at radius 1 is 1.14 bits per heavy atom. The predicted molar refractivity (Wildman–Crippen MR) is 81.0 cm³/mol. The van der Waals surface area contributed by atoms with E-state index in [1.54, 1.807) is 11.8 Å². The van der Waals surface area contributed by atoms with E-state index in [-0.39, 0.29) is 11.7 Å². The molecule has 2 aromatic carbocycles. The molecule has 0 fully saturated rings. The summed E-state index contributed by atoms with van der Waals surface area (Å²) >= 11 is 0. The van der Waals surface area contributed by atoms with Crippen LogP contribution in [0.4, 0.5) is 10.1 Å². The summed E-state index contributed by atoms with van der Waals surface area (Å²) in [6.07, 6.45) is -0.643. The van der Waals surface area contributed by atoms with Crippen LogP contribution in [0.15, 0.2) is 54.6 Å². The summed E-state index contributed by atoms with van der Waals surface area (Å²) in [5.41, 5.74) is 0.833. The Hall–Kier alpha value is -2.36. The Bertz CT molecular complexity index is 583. The molecule has 0 radical (unpaired) electrons. The Balaban J connectivity index is 2.08. The first-order valence-electron chi connectivity index (χ1n) is 6.90. The van der Waals surface area contributed by atoms with Crippen molar-refractivity contribution in [2.45, 2.75) is 20.0 Å². The van der Waals surface area contributed by atoms with E-state index >= 15 is 0 Å². The van der Waals surface area contributed by atoms with Crippen molar-refractivity contribution in [1.29, 1.82) is 0 Å². The highest BCUT2D eigenvalue weighted by Gasteiger charge is 2.22. The van der Waals surface area contributed by atoms with Gasteiger partial charge in [-0.25, -0.2) is 4.39 Å². The first kappa shape index (κ1) is 15.0. The quantitative estimate of drug-likeness (QED) is 0.840. The van der Waals surface area contributed by atoms with E-state index in [2.05, 4.69) is 0 Å². The number of hydrogen-bond donors (Lipinski definition) is 0. The summed E-state index contributed by atoms with van der Waals surface area (Å²) in [4.78, 5) is 14.1. The fraction of sp³-hybridized carbons (Fsp3) is 0.235. The molecule has 0 aromatic heterocycles. The summed E-state index contributed by atoms with van der Waals surface area (Å²) in [6.45, 7) is 4.16. The van der Waals surface area contributed by atoms with Crippen LogP contribution in [-0.2, 0) is 4.79 Å². The molecule has 0 aliphatic rings. The maximum absolute atomic E-state index is 12.9. The Kier molecular flexibility index (Phi) is 4.93. The molecule has 0 aliphatic heterocycles. The molecular formula is C17H18FNO2. The number of benzene rings is 2. The molecule has 0 saturated carbocycles. The van der Waals surface area contributed by atoms with Crippen molar-refractivity contribution in [2.75, 3.05) is 11.4 Å². The summed E-state index contributed by atoms with van der Waals surface area (Å²) in [7, 11) is 0. The van der Waals surface area contributed by atoms with E-state index in [9.17, 15) is 9.18 Å². The zero-order chi connectivity index (χ0) is 15.2. The summed E-state index contributed by atoms with van der Waals surface area (Å²) in [5, 5.41) is 0. The van der Waals surface area contributed by atoms with Gasteiger partial charge in [0.1, 0.15) is 11.6 Å². The minimum atomic E-state index is -0.643. The van der Waals surface area contributed by atoms with Crippen molar-refractivity contribution < 1.29 is 13.9 Å². The molecule has 0 bridgehead atoms. The standard InChI is InChI=1S/C17H18FNO2/c1-3-19(15-7-5-4-6-8-15)17(20)13(2)21-16-11-9-14(18)10-12-16/h4-13H,3H2,1-2H3. The number of carbonyl (C=O) groups is 1. The third-order valence-corrected chi connectivity index (χ3v) is 3.12. The van der Waals surface area contributed by atoms with Gasteiger partial charge < -0.3 is 9.64 Å². The fourth-order valence-electron chi connectivity index (χ4n) is 2.06. The van der Waals surface area contributed by atoms with E-state index in [1.807, 2.05) is 37.3 Å². The lowest BCUT2D eigenvalue weighted by atomic mass is 10.2. The number of likely N-dealkylation sites (N-methyl/N-ethyl adjacent to an activating group) is 1. The van der Waals surface area contributed by atoms with Crippen molar-refractivity contribution in [3.63, 3.8) is 0 Å². The van der Waals surface area contributed by atoms with Crippen molar-refractivity contribution in [1.82, 2.24) is 0 Å². The lowest BCUT2D eigenvalue weighted by Crippen LogP contribution is -2.40. The van der Waals surface area contributed by atoms with Crippen molar-refractivity contribution >= 4 is 11.6 Å². The lowest BCUT2D eigenvalue weighted by Gasteiger charge is -2.25. The van der Waals surface area contributed by atoms with Gasteiger partial charge in [0.15, 0.2) is 6.10 Å². The van der Waals surface area contributed by atoms with Crippen LogP contribution in [0.25, 0.3) is 0 Å². The number of ether oxygens (including phenoxy) is 1. The van der Waals surface area contributed by atoms with Crippen LogP contribution >= 0.6 is 0 Å². The van der Waals surface area contributed by atoms with Gasteiger partial charge in [0.05, 0.1) is 0 Å². The van der Waals surface area contributed by atoms with Gasteiger partial charge in [0.2, 0.25) is 0 Å². The van der Waals surface area contributed by atoms with Gasteiger partial charge in [-0.2, -0.15) is 0 Å². The number of amides is 1. The Morgan fingerprint density at radius 2 is 1.76 bits per heavy atom. The molecule has 1 atom stereocenters. The van der Waals surface area contributed by atoms with Gasteiger partial charge in [-0.3, -0.25) is 4.79 Å². The molecule has 0 saturated heterocycles. The number of halogens is 1. The predicted octanol–water partition coefficient (Wildman–Crippen LogP) is 3.65. The van der Waals surface area contributed by atoms with Gasteiger partial charge in [-0.05, 0) is 50.2 Å². The molecule has 4 heteroatoms. The highest BCUT2D eigenvalue weighted by Crippen LogP contribution is 2.17. The van der Waals surface area contributed by atoms with Crippen molar-refractivity contribution in [3.8, 4) is 5.75 Å². The molecular weight excluding hydrogens is 269 g/mol. The average molecular weight is 287 g/mol. The van der Waals surface area contributed by atoms with Crippen LogP contribution in [-0.4, -0.2) is 18.6 Å². The van der Waals surface area contributed by atoms with Crippen LogP contribution in [0.1, 0.15) is 13.8 Å². The zero-order valence-corrected chi connectivity index (χ0v) is 12.1. The first-order chi connectivity index (χ1) is 10.1. The van der Waals surface area contributed by atoms with Gasteiger partial charge in [-0.15, -0.1) is 0 Å². The fourth-order valence-corrected chi connectivity index (χ4v) is 2.06. The molecule has 2 aromatic rings. The second kappa shape index (κ2) is 6.88. The van der Waals surface area contributed by atoms with E-state index in [4.69, 9.17) is 4.74 Å². The highest BCUT2D eigenvalue weighted by molar-refractivity contribution is 5.96. The minimum Gasteiger partial charge on any atom is -0.481 e. The molecule has 3 nitrogen and oxygen atoms in total. The second-order valence-corrected chi connectivity index (χ2v) is 4.63. The molecule has 0 heterocycles. The molecule has 21 heavy (non-hydrogen) atoms. The molecule has 110 valence electrons. The van der Waals surface area contributed by atoms with Gasteiger partial charge in [-0.1, -0.05) is 18.2 Å². The first-order valence-corrected chi connectivity index (χ1v) is 6.90. The summed E-state index contributed by atoms with van der Waals surface area (Å²) < 4.78 is 18.4. The maximum Gasteiger partial charge on any atom is 0.267 e. The number of anilines is 1. The van der Waals surface area contributed by atoms with E-state index in [0.717, 1.165) is 5.69 Å². The SMILES string of the molecule is CCN(C(=O)C(C)Oc1ccc(F)cc1)c1ccccc1. The third-order valence-electron chi connectivity index (χ3n) is 3.12. The summed E-state index contributed by atoms with van der Waals surface area (Å²) in [6, 6.07) is 15.1. The number of rotatable bonds is 5. The molecule has 0 spiro atoms. The zero-order valence-electron chi connectivity index (χ0n) is 12.1.